The molecule has 0 atom stereocenters. The minimum absolute atomic E-state index is 0. The quantitative estimate of drug-likeness (QED) is 0.0741. The number of benzene rings is 9. The van der Waals surface area contributed by atoms with E-state index in [9.17, 15) is 0 Å². The van der Waals surface area contributed by atoms with E-state index in [0.717, 1.165) is 216 Å². The maximum absolute atomic E-state index is 6.05. The normalized spacial score (nSPS) is 12.2. The average molecular weight is 1390 g/mol. The zero-order valence-corrected chi connectivity index (χ0v) is 62.0. The van der Waals surface area contributed by atoms with Crippen molar-refractivity contribution in [3.8, 4) is 44.9 Å². The van der Waals surface area contributed by atoms with Gasteiger partial charge < -0.3 is 29.2 Å². The van der Waals surface area contributed by atoms with Crippen molar-refractivity contribution in [3.05, 3.63) is 309 Å². The fourth-order valence-corrected chi connectivity index (χ4v) is 14.9. The Morgan fingerprint density at radius 2 is 0.699 bits per heavy atom. The van der Waals surface area contributed by atoms with E-state index in [2.05, 4.69) is 322 Å². The Kier molecular flexibility index (Phi) is 20.8. The smallest absolute Gasteiger partial charge is 0.656 e. The first-order valence-electron chi connectivity index (χ1n) is 35.7. The summed E-state index contributed by atoms with van der Waals surface area (Å²) in [7, 11) is 3.47. The van der Waals surface area contributed by atoms with Crippen molar-refractivity contribution in [1.29, 1.82) is 0 Å². The molecule has 14 rings (SSSR count). The van der Waals surface area contributed by atoms with Crippen molar-refractivity contribution in [2.75, 3.05) is 24.0 Å². The van der Waals surface area contributed by atoms with E-state index in [1.54, 1.807) is 14.2 Å². The Morgan fingerprint density at radius 1 is 0.340 bits per heavy atom. The van der Waals surface area contributed by atoms with Crippen LogP contribution in [0.1, 0.15) is 133 Å². The minimum Gasteiger partial charge on any atom is -0.656 e. The summed E-state index contributed by atoms with van der Waals surface area (Å²) in [6, 6.07) is 82.0. The van der Waals surface area contributed by atoms with Crippen LogP contribution >= 0.6 is 0 Å². The summed E-state index contributed by atoms with van der Waals surface area (Å²) >= 11 is 0. The number of para-hydroxylation sites is 2. The summed E-state index contributed by atoms with van der Waals surface area (Å²) in [5, 5.41) is 0. The van der Waals surface area contributed by atoms with Crippen LogP contribution in [0.4, 0.5) is 34.1 Å². The number of rotatable bonds is 19. The van der Waals surface area contributed by atoms with Gasteiger partial charge in [0.2, 0.25) is 0 Å². The van der Waals surface area contributed by atoms with E-state index < -0.39 is 0 Å². The number of hydrogen-bond donors (Lipinski definition) is 0. The van der Waals surface area contributed by atoms with Crippen molar-refractivity contribution in [2.24, 2.45) is 0 Å². The fraction of sp³-hybridized carbons (Fsp3) is 0.170. The number of anilines is 6. The van der Waals surface area contributed by atoms with Crippen molar-refractivity contribution >= 4 is 103 Å². The molecule has 8 nitrogen and oxygen atoms in total. The Morgan fingerprint density at radius 3 is 1.12 bits per heavy atom. The second-order valence-electron chi connectivity index (χ2n) is 26.6. The molecule has 513 valence electrons. The molecule has 0 unspecified atom stereocenters. The number of aryl methyl sites for hydroxylation is 6. The molecule has 0 amide bonds. The summed E-state index contributed by atoms with van der Waals surface area (Å²) in [5.74, 6) is 1.50. The number of methoxy groups -OCH3 is 2. The summed E-state index contributed by atoms with van der Waals surface area (Å²) < 4.78 is 12.1. The molecular formula is C94H86CoN6O2. The van der Waals surface area contributed by atoms with Crippen LogP contribution in [-0.2, 0) is 29.6 Å². The molecular weight excluding hydrogens is 1300 g/mol. The SMILES string of the molecule is CCC1=C(C)c2nc1c(/C=C/c1ccc(N(c3ccc(C)cc3)c3ccc(C)cc3)cc1)c1[n-]c(c(C)c1CC)c(-c1cccc(OC)c1)c1nc(c(-c3ccc(/C=C/c4ccc(N(c5ccccc5)c5ccccc5)cc4)cc3)c3[n-]c(c(C)c3CC)c2-c2cccc(OC)c2)C(CC)=C1C.[Co+2]. The van der Waals surface area contributed by atoms with Gasteiger partial charge in [0, 0.05) is 34.1 Å². The first kappa shape index (κ1) is 70.2. The number of allylic oxidation sites excluding steroid dienone is 4. The number of hydrogen-bond acceptors (Lipinski definition) is 6. The fourth-order valence-electron chi connectivity index (χ4n) is 14.9. The molecule has 12 aromatic rings. The van der Waals surface area contributed by atoms with E-state index in [0.29, 0.717) is 0 Å². The van der Waals surface area contributed by atoms with Crippen molar-refractivity contribution < 1.29 is 26.3 Å². The Balaban J connectivity index is 0.00000945. The number of aromatic nitrogens is 4. The van der Waals surface area contributed by atoms with Gasteiger partial charge >= 0.3 is 16.8 Å². The van der Waals surface area contributed by atoms with Crippen molar-refractivity contribution in [1.82, 2.24) is 19.9 Å². The number of nitrogens with zero attached hydrogens (tertiary/aromatic N) is 6. The van der Waals surface area contributed by atoms with Crippen LogP contribution in [0.5, 0.6) is 11.5 Å². The monoisotopic (exact) mass is 1390 g/mol. The topological polar surface area (TPSA) is 78.9 Å². The van der Waals surface area contributed by atoms with Crippen LogP contribution in [0.3, 0.4) is 0 Å². The van der Waals surface area contributed by atoms with Crippen molar-refractivity contribution in [2.45, 2.75) is 94.9 Å². The second kappa shape index (κ2) is 30.5. The van der Waals surface area contributed by atoms with E-state index in [-0.39, 0.29) is 16.8 Å². The molecule has 0 N–H and O–H groups in total. The zero-order chi connectivity index (χ0) is 70.7. The van der Waals surface area contributed by atoms with Crippen LogP contribution in [0.25, 0.3) is 102 Å². The molecule has 2 aliphatic rings. The molecule has 5 heterocycles. The predicted molar refractivity (Wildman–Crippen MR) is 432 cm³/mol. The molecule has 1 radical (unpaired) electrons. The molecule has 0 saturated carbocycles. The molecule has 0 aliphatic carbocycles. The second-order valence-corrected chi connectivity index (χ2v) is 26.6. The Bertz CT molecular complexity index is 5300. The summed E-state index contributed by atoms with van der Waals surface area (Å²) in [6.45, 7) is 22.3. The molecule has 0 saturated heterocycles. The van der Waals surface area contributed by atoms with Gasteiger partial charge in [0.25, 0.3) is 0 Å². The van der Waals surface area contributed by atoms with Crippen LogP contribution in [-0.4, -0.2) is 24.2 Å². The van der Waals surface area contributed by atoms with Crippen LogP contribution in [0.15, 0.2) is 231 Å². The molecule has 3 aromatic heterocycles. The zero-order valence-electron chi connectivity index (χ0n) is 60.9. The third-order valence-corrected chi connectivity index (χ3v) is 20.4. The van der Waals surface area contributed by atoms with Gasteiger partial charge in [-0.2, -0.15) is 0 Å². The first-order valence-corrected chi connectivity index (χ1v) is 35.7. The molecule has 0 spiro atoms. The van der Waals surface area contributed by atoms with Gasteiger partial charge in [-0.05, 0) is 242 Å². The van der Waals surface area contributed by atoms with E-state index in [4.69, 9.17) is 29.4 Å². The number of fused-ring (bicyclic) bond motifs is 8. The van der Waals surface area contributed by atoms with Gasteiger partial charge in [-0.25, -0.2) is 9.97 Å². The third-order valence-electron chi connectivity index (χ3n) is 20.4. The van der Waals surface area contributed by atoms with E-state index in [1.165, 1.54) is 11.1 Å². The minimum atomic E-state index is 0. The summed E-state index contributed by atoms with van der Waals surface area (Å²) in [4.78, 5) is 28.7. The first-order chi connectivity index (χ1) is 49.8. The van der Waals surface area contributed by atoms with Gasteiger partial charge in [-0.1, -0.05) is 219 Å². The van der Waals surface area contributed by atoms with Crippen molar-refractivity contribution in [3.63, 3.8) is 0 Å². The maximum Gasteiger partial charge on any atom is 2.00 e. The molecule has 9 heteroatoms. The third kappa shape index (κ3) is 13.7. The largest absolute Gasteiger partial charge is 2.00 e. The predicted octanol–water partition coefficient (Wildman–Crippen LogP) is 24.9. The van der Waals surface area contributed by atoms with Crippen LogP contribution in [0, 0.1) is 27.7 Å². The maximum atomic E-state index is 6.05. The summed E-state index contributed by atoms with van der Waals surface area (Å²) in [6.07, 6.45) is 11.8. The average Bonchev–Trinajstić information content (AvgIpc) is 1.57. The number of ether oxygens (including phenoxy) is 2. The Hall–Kier alpha value is -11.2. The van der Waals surface area contributed by atoms with Gasteiger partial charge in [-0.15, -0.1) is 22.1 Å². The van der Waals surface area contributed by atoms with E-state index in [1.807, 2.05) is 12.1 Å². The standard InChI is InChI=1S/C94H86N6O2.Co/c1-13-79-61(7)87-85(69-25-23-31-77(57-69)101-11)89-63(9)81(15-3)93(97-89)84(68-46-39-65(40-47-68)37-38-66-41-52-75(53-42-66)99(71-27-19-17-20-28-71)72-29-21-18-22-30-72)94-82(16-4)64(10)90(98-94)86(70-26-24-32-78(58-70)102-12)88-62(8)80(14-2)92(96-88)83(91(79)95-87)56-45-67-43-54-76(55-44-67)100(73-48-33-59(5)34-49-73)74-50-35-60(6)36-51-74;/h17-58H,13-16H2,1-12H3;/q-2;+2/b38-37+,56-45+,87-85?,88-86?,89-85?,90-86?,91-83?,92-83?,93-84?,94-84?;. The van der Waals surface area contributed by atoms with Crippen LogP contribution in [0.2, 0.25) is 0 Å². The summed E-state index contributed by atoms with van der Waals surface area (Å²) in [5.41, 5.74) is 35.1. The molecule has 8 bridgehead atoms. The van der Waals surface area contributed by atoms with Gasteiger partial charge in [-0.3, -0.25) is 0 Å². The van der Waals surface area contributed by atoms with Gasteiger partial charge in [0.1, 0.15) is 11.5 Å². The van der Waals surface area contributed by atoms with Gasteiger partial charge in [0.15, 0.2) is 0 Å². The molecule has 103 heavy (non-hydrogen) atoms. The Labute approximate surface area is 617 Å². The molecule has 0 fully saturated rings. The van der Waals surface area contributed by atoms with E-state index >= 15 is 0 Å². The molecule has 9 aromatic carbocycles. The molecule has 2 aliphatic heterocycles. The van der Waals surface area contributed by atoms with Crippen LogP contribution < -0.4 is 29.2 Å². The van der Waals surface area contributed by atoms with Gasteiger partial charge in [0.05, 0.1) is 37.0 Å².